The molecule has 180 valence electrons. The third-order valence-corrected chi connectivity index (χ3v) is 7.95. The Balaban J connectivity index is 1.31. The normalized spacial score (nSPS) is 15.8. The summed E-state index contributed by atoms with van der Waals surface area (Å²) < 4.78 is 14.6. The highest BCUT2D eigenvalue weighted by Crippen LogP contribution is 2.29. The van der Waals surface area contributed by atoms with Crippen LogP contribution >= 0.6 is 11.3 Å². The van der Waals surface area contributed by atoms with E-state index in [0.29, 0.717) is 17.9 Å². The number of amides is 1. The van der Waals surface area contributed by atoms with E-state index in [-0.39, 0.29) is 17.8 Å². The number of benzene rings is 2. The first kappa shape index (κ1) is 23.6. The maximum Gasteiger partial charge on any atom is 0.263 e. The molecule has 0 saturated carbocycles. The fourth-order valence-electron chi connectivity index (χ4n) is 5.15. The van der Waals surface area contributed by atoms with Gasteiger partial charge in [0.05, 0.1) is 15.9 Å². The van der Waals surface area contributed by atoms with Crippen LogP contribution in [0.5, 0.6) is 0 Å². The maximum atomic E-state index is 14.6. The summed E-state index contributed by atoms with van der Waals surface area (Å²) in [5.74, 6) is 0.106. The summed E-state index contributed by atoms with van der Waals surface area (Å²) in [4.78, 5) is 27.2. The van der Waals surface area contributed by atoms with E-state index >= 15 is 0 Å². The minimum absolute atomic E-state index is 0.0121. The van der Waals surface area contributed by atoms with Crippen LogP contribution in [0.25, 0.3) is 11.0 Å². The Kier molecular flexibility index (Phi) is 7.16. The molecule has 0 unspecified atom stereocenters. The first-order valence-corrected chi connectivity index (χ1v) is 12.9. The van der Waals surface area contributed by atoms with Crippen LogP contribution in [-0.4, -0.2) is 51.9 Å². The van der Waals surface area contributed by atoms with E-state index in [4.69, 9.17) is 0 Å². The lowest BCUT2D eigenvalue weighted by atomic mass is 9.84. The summed E-state index contributed by atoms with van der Waals surface area (Å²) in [5, 5.41) is 1.92. The molecule has 2 aromatic carbocycles. The monoisotopic (exact) mass is 488 g/mol. The smallest absolute Gasteiger partial charge is 0.263 e. The van der Waals surface area contributed by atoms with Crippen LogP contribution in [0.1, 0.15) is 33.6 Å². The Morgan fingerprint density at radius 3 is 2.60 bits per heavy atom. The minimum Gasteiger partial charge on any atom is -0.337 e. The van der Waals surface area contributed by atoms with Gasteiger partial charge in [0.1, 0.15) is 5.82 Å². The number of para-hydroxylation sites is 1. The van der Waals surface area contributed by atoms with Crippen LogP contribution < -0.4 is 0 Å². The molecule has 3 heterocycles. The lowest BCUT2D eigenvalue weighted by Crippen LogP contribution is -2.47. The van der Waals surface area contributed by atoms with Gasteiger partial charge < -0.3 is 4.90 Å². The van der Waals surface area contributed by atoms with Crippen LogP contribution in [0.2, 0.25) is 0 Å². The second-order valence-corrected chi connectivity index (χ2v) is 10.2. The molecule has 1 saturated heterocycles. The highest BCUT2D eigenvalue weighted by molar-refractivity contribution is 7.12. The van der Waals surface area contributed by atoms with Crippen molar-refractivity contribution in [2.24, 2.45) is 5.92 Å². The summed E-state index contributed by atoms with van der Waals surface area (Å²) >= 11 is 1.45. The second kappa shape index (κ2) is 10.6. The molecule has 1 fully saturated rings. The molecule has 1 amide bonds. The Hall–Kier alpha value is -3.16. The number of rotatable bonds is 7. The molecule has 5 nitrogen and oxygen atoms in total. The molecule has 7 heteroatoms. The molecule has 1 aliphatic heterocycles. The molecule has 2 aromatic heterocycles. The number of aromatic nitrogens is 2. The number of fused-ring (bicyclic) bond motifs is 1. The van der Waals surface area contributed by atoms with Crippen LogP contribution in [0.3, 0.4) is 0 Å². The second-order valence-electron chi connectivity index (χ2n) is 9.21. The van der Waals surface area contributed by atoms with Crippen molar-refractivity contribution in [3.05, 3.63) is 94.2 Å². The highest BCUT2D eigenvalue weighted by Gasteiger charge is 2.33. The number of nitrogens with zero attached hydrogens (tertiary/aromatic N) is 4. The van der Waals surface area contributed by atoms with E-state index in [1.54, 1.807) is 18.5 Å². The zero-order chi connectivity index (χ0) is 24.2. The third-order valence-electron chi connectivity index (χ3n) is 7.09. The van der Waals surface area contributed by atoms with Crippen molar-refractivity contribution >= 4 is 28.3 Å². The van der Waals surface area contributed by atoms with Gasteiger partial charge in [-0.25, -0.2) is 4.39 Å². The van der Waals surface area contributed by atoms with Gasteiger partial charge in [0.2, 0.25) is 0 Å². The van der Waals surface area contributed by atoms with Gasteiger partial charge in [0.25, 0.3) is 5.91 Å². The molecule has 1 atom stereocenters. The van der Waals surface area contributed by atoms with E-state index < -0.39 is 0 Å². The number of likely N-dealkylation sites (N-methyl/N-ethyl adjacent to an activating group) is 1. The summed E-state index contributed by atoms with van der Waals surface area (Å²) in [6.07, 6.45) is 5.90. The zero-order valence-corrected chi connectivity index (χ0v) is 20.6. The number of halogens is 1. The molecular weight excluding hydrogens is 459 g/mol. The van der Waals surface area contributed by atoms with Gasteiger partial charge in [-0.2, -0.15) is 0 Å². The number of carbonyl (C=O) groups excluding carboxylic acids is 1. The lowest BCUT2D eigenvalue weighted by Gasteiger charge is -2.40. The average molecular weight is 489 g/mol. The average Bonchev–Trinajstić information content (AvgIpc) is 3.43. The van der Waals surface area contributed by atoms with Crippen molar-refractivity contribution in [1.82, 2.24) is 19.8 Å². The Bertz CT molecular complexity index is 1280. The van der Waals surface area contributed by atoms with Crippen LogP contribution in [-0.2, 0) is 13.0 Å². The quantitative estimate of drug-likeness (QED) is 0.348. The first-order chi connectivity index (χ1) is 17.1. The fourth-order valence-corrected chi connectivity index (χ4v) is 5.86. The maximum absolute atomic E-state index is 14.6. The molecular formula is C28H29FN4OS. The van der Waals surface area contributed by atoms with Gasteiger partial charge in [0, 0.05) is 32.0 Å². The SMILES string of the molecule is CN(C(=O)c1cccs1)[C@@H](Cc1ccccc1F)C1CCN(Cc2cccc3nccnc23)CC1. The summed E-state index contributed by atoms with van der Waals surface area (Å²) in [6.45, 7) is 2.68. The van der Waals surface area contributed by atoms with Crippen LogP contribution in [0.15, 0.2) is 72.4 Å². The van der Waals surface area contributed by atoms with Crippen LogP contribution in [0.4, 0.5) is 4.39 Å². The first-order valence-electron chi connectivity index (χ1n) is 12.0. The Labute approximate surface area is 209 Å². The molecule has 5 rings (SSSR count). The Morgan fingerprint density at radius 1 is 1.06 bits per heavy atom. The third kappa shape index (κ3) is 5.26. The fraction of sp³-hybridized carbons (Fsp3) is 0.321. The number of hydrogen-bond donors (Lipinski definition) is 0. The van der Waals surface area contributed by atoms with Gasteiger partial charge >= 0.3 is 0 Å². The molecule has 0 N–H and O–H groups in total. The van der Waals surface area contributed by atoms with Gasteiger partial charge in [-0.3, -0.25) is 19.7 Å². The topological polar surface area (TPSA) is 49.3 Å². The van der Waals surface area contributed by atoms with E-state index in [9.17, 15) is 9.18 Å². The zero-order valence-electron chi connectivity index (χ0n) is 19.8. The molecule has 1 aliphatic rings. The molecule has 4 aromatic rings. The van der Waals surface area contributed by atoms with E-state index in [2.05, 4.69) is 20.9 Å². The summed E-state index contributed by atoms with van der Waals surface area (Å²) in [5.41, 5.74) is 3.72. The van der Waals surface area contributed by atoms with Crippen LogP contribution in [0, 0.1) is 11.7 Å². The predicted octanol–water partition coefficient (Wildman–Crippen LogP) is 5.43. The number of thiophene rings is 1. The van der Waals surface area contributed by atoms with Gasteiger partial charge in [0.15, 0.2) is 0 Å². The van der Waals surface area contributed by atoms with Crippen molar-refractivity contribution in [2.75, 3.05) is 20.1 Å². The minimum atomic E-state index is -0.205. The number of piperidine rings is 1. The number of likely N-dealkylation sites (tertiary alicyclic amines) is 1. The predicted molar refractivity (Wildman–Crippen MR) is 138 cm³/mol. The molecule has 0 aliphatic carbocycles. The standard InChI is InChI=1S/C28H29FN4OS/c1-32(28(34)26-10-5-17-35-26)25(18-21-6-2-3-8-23(21)29)20-11-15-33(16-12-20)19-22-7-4-9-24-27(22)31-14-13-30-24/h2-10,13-14,17,20,25H,11-12,15-16,18-19H2,1H3/t25-/m0/s1. The van der Waals surface area contributed by atoms with E-state index in [0.717, 1.165) is 48.4 Å². The largest absolute Gasteiger partial charge is 0.337 e. The summed E-state index contributed by atoms with van der Waals surface area (Å²) in [6, 6.07) is 16.8. The van der Waals surface area contributed by atoms with Gasteiger partial charge in [-0.15, -0.1) is 11.3 Å². The van der Waals surface area contributed by atoms with Crippen molar-refractivity contribution in [3.63, 3.8) is 0 Å². The molecule has 0 bridgehead atoms. The van der Waals surface area contributed by atoms with Crippen molar-refractivity contribution < 1.29 is 9.18 Å². The number of carbonyl (C=O) groups is 1. The van der Waals surface area contributed by atoms with E-state index in [1.165, 1.54) is 23.0 Å². The number of hydrogen-bond acceptors (Lipinski definition) is 5. The van der Waals surface area contributed by atoms with Crippen molar-refractivity contribution in [3.8, 4) is 0 Å². The molecule has 35 heavy (non-hydrogen) atoms. The van der Waals surface area contributed by atoms with E-state index in [1.807, 2.05) is 53.7 Å². The lowest BCUT2D eigenvalue weighted by molar-refractivity contribution is 0.0588. The van der Waals surface area contributed by atoms with Gasteiger partial charge in [-0.05, 0) is 73.0 Å². The molecule has 0 radical (unpaired) electrons. The Morgan fingerprint density at radius 2 is 1.83 bits per heavy atom. The highest BCUT2D eigenvalue weighted by atomic mass is 32.1. The van der Waals surface area contributed by atoms with Gasteiger partial charge in [-0.1, -0.05) is 36.4 Å². The van der Waals surface area contributed by atoms with Crippen molar-refractivity contribution in [1.29, 1.82) is 0 Å². The summed E-state index contributed by atoms with van der Waals surface area (Å²) in [7, 11) is 1.87. The molecule has 0 spiro atoms. The van der Waals surface area contributed by atoms with Crippen molar-refractivity contribution in [2.45, 2.75) is 31.8 Å².